The number of benzene rings is 3. The second kappa shape index (κ2) is 8.52. The van der Waals surface area contributed by atoms with Crippen molar-refractivity contribution in [1.29, 1.82) is 0 Å². The molecule has 6 nitrogen and oxygen atoms in total. The highest BCUT2D eigenvalue weighted by atomic mass is 16.5. The van der Waals surface area contributed by atoms with Crippen molar-refractivity contribution in [3.05, 3.63) is 54.1 Å². The van der Waals surface area contributed by atoms with Crippen LogP contribution in [-0.2, 0) is 6.54 Å². The number of carboxylic acid groups (broad SMARTS) is 1. The smallest absolute Gasteiger partial charge is 0.342 e. The lowest BCUT2D eigenvalue weighted by Gasteiger charge is -2.34. The van der Waals surface area contributed by atoms with Gasteiger partial charge < -0.3 is 19.5 Å². The molecule has 0 bridgehead atoms. The first kappa shape index (κ1) is 22.0. The van der Waals surface area contributed by atoms with E-state index in [0.717, 1.165) is 75.2 Å². The summed E-state index contributed by atoms with van der Waals surface area (Å²) in [4.78, 5) is 14.7. The molecule has 0 amide bonds. The van der Waals surface area contributed by atoms with Crippen LogP contribution in [0.5, 0.6) is 11.5 Å². The fourth-order valence-electron chi connectivity index (χ4n) is 5.38. The molecule has 0 radical (unpaired) electrons. The Labute approximate surface area is 199 Å². The summed E-state index contributed by atoms with van der Waals surface area (Å²) in [6, 6.07) is 15.8. The number of hydrogen-bond acceptors (Lipinski definition) is 4. The van der Waals surface area contributed by atoms with Crippen LogP contribution < -0.4 is 18.9 Å². The maximum absolute atomic E-state index is 12.5. The maximum Gasteiger partial charge on any atom is 0.342 e. The summed E-state index contributed by atoms with van der Waals surface area (Å²) in [5.41, 5.74) is 5.98. The van der Waals surface area contributed by atoms with Crippen molar-refractivity contribution in [2.45, 2.75) is 33.2 Å². The zero-order valence-corrected chi connectivity index (χ0v) is 20.0. The molecule has 1 aliphatic heterocycles. The molecule has 2 heterocycles. The molecule has 5 rings (SSSR count). The summed E-state index contributed by atoms with van der Waals surface area (Å²) in [6.45, 7) is 5.76. The lowest BCUT2D eigenvalue weighted by atomic mass is 9.87. The molecule has 1 aromatic heterocycles. The minimum atomic E-state index is -0.933. The van der Waals surface area contributed by atoms with E-state index in [4.69, 9.17) is 9.47 Å². The van der Waals surface area contributed by atoms with Crippen molar-refractivity contribution in [3.8, 4) is 22.6 Å². The van der Waals surface area contributed by atoms with Gasteiger partial charge in [-0.15, -0.1) is 0 Å². The van der Waals surface area contributed by atoms with E-state index in [1.807, 2.05) is 30.3 Å². The van der Waals surface area contributed by atoms with E-state index in [0.29, 0.717) is 12.1 Å². The molecule has 1 N–H and O–H groups in total. The molecule has 174 valence electrons. The van der Waals surface area contributed by atoms with Crippen LogP contribution in [0.25, 0.3) is 32.9 Å². The Morgan fingerprint density at radius 2 is 1.62 bits per heavy atom. The van der Waals surface area contributed by atoms with Gasteiger partial charge in [0.1, 0.15) is 23.6 Å². The van der Waals surface area contributed by atoms with Gasteiger partial charge in [0.25, 0.3) is 0 Å². The second-order valence-corrected chi connectivity index (χ2v) is 8.55. The van der Waals surface area contributed by atoms with Gasteiger partial charge in [-0.05, 0) is 36.8 Å². The number of carbonyl (C=O) groups is 1. The number of fused-ring (bicyclic) bond motifs is 4. The normalized spacial score (nSPS) is 12.2. The van der Waals surface area contributed by atoms with Crippen LogP contribution in [-0.4, -0.2) is 31.8 Å². The van der Waals surface area contributed by atoms with Gasteiger partial charge in [-0.3, -0.25) is 0 Å². The third kappa shape index (κ3) is 3.01. The number of aromatic carboxylic acids is 1. The number of carboxylic acids is 1. The number of methoxy groups -OCH3 is 2. The number of pyridine rings is 1. The summed E-state index contributed by atoms with van der Waals surface area (Å²) in [7, 11) is 3.36. The van der Waals surface area contributed by atoms with Crippen LogP contribution in [0, 0.1) is 0 Å². The average molecular weight is 458 g/mol. The van der Waals surface area contributed by atoms with Crippen molar-refractivity contribution in [2.24, 2.45) is 0 Å². The predicted octanol–water partition coefficient (Wildman–Crippen LogP) is 5.93. The Morgan fingerprint density at radius 1 is 0.882 bits per heavy atom. The van der Waals surface area contributed by atoms with Gasteiger partial charge in [0.2, 0.25) is 11.0 Å². The minimum Gasteiger partial charge on any atom is -0.496 e. The fraction of sp³-hybridized carbons (Fsp3) is 0.286. The fourth-order valence-corrected chi connectivity index (χ4v) is 5.38. The zero-order valence-electron chi connectivity index (χ0n) is 20.0. The molecule has 0 fully saturated rings. The van der Waals surface area contributed by atoms with E-state index in [1.165, 1.54) is 0 Å². The highest BCUT2D eigenvalue weighted by Gasteiger charge is 2.36. The molecule has 0 atom stereocenters. The van der Waals surface area contributed by atoms with Crippen molar-refractivity contribution in [3.63, 3.8) is 0 Å². The van der Waals surface area contributed by atoms with Gasteiger partial charge in [0.05, 0.1) is 36.4 Å². The Morgan fingerprint density at radius 3 is 2.29 bits per heavy atom. The van der Waals surface area contributed by atoms with Crippen molar-refractivity contribution >= 4 is 39.1 Å². The van der Waals surface area contributed by atoms with E-state index in [9.17, 15) is 9.90 Å². The molecule has 0 saturated carbocycles. The monoisotopic (exact) mass is 457 g/mol. The lowest BCUT2D eigenvalue weighted by Crippen LogP contribution is -2.38. The van der Waals surface area contributed by atoms with Crippen LogP contribution >= 0.6 is 0 Å². The largest absolute Gasteiger partial charge is 0.496 e. The maximum atomic E-state index is 12.5. The van der Waals surface area contributed by atoms with Gasteiger partial charge >= 0.3 is 5.97 Å². The number of hydrogen-bond donors (Lipinski definition) is 1. The Bertz CT molecular complexity index is 1440. The SMILES string of the molecule is CCCN1c2cccc(OC)c2-c2c3c(OC)cccc3[n+](CCC)c3c(C(=O)O)ccc1c23. The number of aromatic nitrogens is 1. The summed E-state index contributed by atoms with van der Waals surface area (Å²) in [6.07, 6.45) is 1.81. The Kier molecular flexibility index (Phi) is 5.52. The van der Waals surface area contributed by atoms with Crippen LogP contribution in [0.4, 0.5) is 11.4 Å². The molecular formula is C28H29N2O4+. The quantitative estimate of drug-likeness (QED) is 0.275. The van der Waals surface area contributed by atoms with E-state index in [-0.39, 0.29) is 0 Å². The van der Waals surface area contributed by atoms with Crippen molar-refractivity contribution in [1.82, 2.24) is 0 Å². The van der Waals surface area contributed by atoms with Gasteiger partial charge in [0, 0.05) is 30.2 Å². The lowest BCUT2D eigenvalue weighted by molar-refractivity contribution is -0.645. The molecule has 0 spiro atoms. The van der Waals surface area contributed by atoms with Crippen molar-refractivity contribution < 1.29 is 23.9 Å². The highest BCUT2D eigenvalue weighted by Crippen LogP contribution is 2.54. The van der Waals surface area contributed by atoms with Gasteiger partial charge in [0.15, 0.2) is 0 Å². The predicted molar refractivity (Wildman–Crippen MR) is 135 cm³/mol. The molecule has 1 aliphatic rings. The van der Waals surface area contributed by atoms with Crippen LogP contribution in [0.1, 0.15) is 37.0 Å². The molecule has 0 saturated heterocycles. The van der Waals surface area contributed by atoms with Crippen LogP contribution in [0.3, 0.4) is 0 Å². The minimum absolute atomic E-state index is 0.299. The molecule has 6 heteroatoms. The number of nitrogens with zero attached hydrogens (tertiary/aromatic N) is 2. The Balaban J connectivity index is 2.14. The van der Waals surface area contributed by atoms with E-state index in [2.05, 4.69) is 35.4 Å². The number of anilines is 2. The third-order valence-corrected chi connectivity index (χ3v) is 6.62. The molecule has 0 unspecified atom stereocenters. The number of ether oxygens (including phenoxy) is 2. The molecule has 34 heavy (non-hydrogen) atoms. The third-order valence-electron chi connectivity index (χ3n) is 6.62. The Hall–Kier alpha value is -3.80. The zero-order chi connectivity index (χ0) is 24.0. The first-order valence-electron chi connectivity index (χ1n) is 11.7. The first-order valence-corrected chi connectivity index (χ1v) is 11.7. The summed E-state index contributed by atoms with van der Waals surface area (Å²) in [5.74, 6) is 0.580. The first-order chi connectivity index (χ1) is 16.6. The van der Waals surface area contributed by atoms with Gasteiger partial charge in [-0.25, -0.2) is 4.79 Å². The average Bonchev–Trinajstić information content (AvgIpc) is 2.86. The molecule has 3 aromatic carbocycles. The molecule has 4 aromatic rings. The summed E-state index contributed by atoms with van der Waals surface area (Å²) in [5, 5.41) is 12.1. The van der Waals surface area contributed by atoms with E-state index in [1.54, 1.807) is 20.3 Å². The number of aryl methyl sites for hydroxylation is 1. The van der Waals surface area contributed by atoms with Gasteiger partial charge in [-0.2, -0.15) is 4.57 Å². The highest BCUT2D eigenvalue weighted by molar-refractivity contribution is 6.22. The van der Waals surface area contributed by atoms with Crippen LogP contribution in [0.2, 0.25) is 0 Å². The van der Waals surface area contributed by atoms with Crippen LogP contribution in [0.15, 0.2) is 48.5 Å². The van der Waals surface area contributed by atoms with E-state index < -0.39 is 5.97 Å². The topological polar surface area (TPSA) is 62.9 Å². The van der Waals surface area contributed by atoms with E-state index >= 15 is 0 Å². The van der Waals surface area contributed by atoms with Gasteiger partial charge in [-0.1, -0.05) is 26.0 Å². The summed E-state index contributed by atoms with van der Waals surface area (Å²) < 4.78 is 13.9. The van der Waals surface area contributed by atoms with Crippen molar-refractivity contribution in [2.75, 3.05) is 25.7 Å². The second-order valence-electron chi connectivity index (χ2n) is 8.55. The molecule has 0 aliphatic carbocycles. The summed E-state index contributed by atoms with van der Waals surface area (Å²) >= 11 is 0. The molecular weight excluding hydrogens is 428 g/mol. The standard InChI is InChI=1S/C28H28N2O4/c1-5-15-29-18-9-7-11-21(33-3)23(18)26-24-19(10-8-12-22(24)34-4)30(16-6-2)27-17(28(31)32)13-14-20(29)25(26)27/h7-14H,5-6,15-16H2,1-4H3/p+1. The number of rotatable bonds is 7.